The van der Waals surface area contributed by atoms with E-state index in [0.29, 0.717) is 0 Å². The Hall–Kier alpha value is -0.900. The number of benzene rings is 1. The zero-order valence-corrected chi connectivity index (χ0v) is 12.0. The second-order valence-corrected chi connectivity index (χ2v) is 5.18. The van der Waals surface area contributed by atoms with E-state index in [9.17, 15) is 0 Å². The van der Waals surface area contributed by atoms with E-state index < -0.39 is 0 Å². The molecule has 19 heavy (non-hydrogen) atoms. The minimum Gasteiger partial charge on any atom is -0.381 e. The SMILES string of the molecule is CCCNC(c1ccccc1)C1(OC)CCOCC1. The van der Waals surface area contributed by atoms with Gasteiger partial charge in [0.15, 0.2) is 0 Å². The lowest BCUT2D eigenvalue weighted by atomic mass is 9.82. The van der Waals surface area contributed by atoms with Crippen LogP contribution >= 0.6 is 0 Å². The van der Waals surface area contributed by atoms with Gasteiger partial charge in [0.05, 0.1) is 11.6 Å². The summed E-state index contributed by atoms with van der Waals surface area (Å²) in [5.74, 6) is 0. The maximum absolute atomic E-state index is 5.95. The molecule has 3 nitrogen and oxygen atoms in total. The van der Waals surface area contributed by atoms with Gasteiger partial charge in [-0.15, -0.1) is 0 Å². The summed E-state index contributed by atoms with van der Waals surface area (Å²) in [7, 11) is 1.83. The highest BCUT2D eigenvalue weighted by atomic mass is 16.5. The molecule has 1 unspecified atom stereocenters. The maximum atomic E-state index is 5.95. The van der Waals surface area contributed by atoms with Crippen LogP contribution in [0.3, 0.4) is 0 Å². The van der Waals surface area contributed by atoms with Crippen molar-refractivity contribution in [3.8, 4) is 0 Å². The normalized spacial score (nSPS) is 20.1. The fourth-order valence-electron chi connectivity index (χ4n) is 2.87. The highest BCUT2D eigenvalue weighted by Gasteiger charge is 2.41. The van der Waals surface area contributed by atoms with E-state index in [-0.39, 0.29) is 11.6 Å². The molecule has 1 aromatic rings. The molecule has 1 heterocycles. The molecule has 2 rings (SSSR count). The van der Waals surface area contributed by atoms with E-state index in [4.69, 9.17) is 9.47 Å². The number of nitrogens with one attached hydrogen (secondary N) is 1. The van der Waals surface area contributed by atoms with Crippen molar-refractivity contribution in [3.05, 3.63) is 35.9 Å². The van der Waals surface area contributed by atoms with Gasteiger partial charge in [-0.3, -0.25) is 0 Å². The molecule has 1 N–H and O–H groups in total. The van der Waals surface area contributed by atoms with E-state index in [1.54, 1.807) is 0 Å². The monoisotopic (exact) mass is 263 g/mol. The quantitative estimate of drug-likeness (QED) is 0.856. The molecule has 0 aliphatic carbocycles. The average molecular weight is 263 g/mol. The summed E-state index contributed by atoms with van der Waals surface area (Å²) < 4.78 is 11.5. The molecule has 0 bridgehead atoms. The van der Waals surface area contributed by atoms with Crippen LogP contribution in [0.4, 0.5) is 0 Å². The number of ether oxygens (including phenoxy) is 2. The predicted molar refractivity (Wildman–Crippen MR) is 77.3 cm³/mol. The van der Waals surface area contributed by atoms with Crippen molar-refractivity contribution in [1.82, 2.24) is 5.32 Å². The Morgan fingerprint density at radius 3 is 2.53 bits per heavy atom. The van der Waals surface area contributed by atoms with Crippen LogP contribution in [0.5, 0.6) is 0 Å². The summed E-state index contributed by atoms with van der Waals surface area (Å²) in [5, 5.41) is 3.67. The van der Waals surface area contributed by atoms with Crippen molar-refractivity contribution in [3.63, 3.8) is 0 Å². The first-order valence-electron chi connectivity index (χ1n) is 7.23. The van der Waals surface area contributed by atoms with Crippen molar-refractivity contribution in [2.75, 3.05) is 26.9 Å². The summed E-state index contributed by atoms with van der Waals surface area (Å²) in [5.41, 5.74) is 1.16. The van der Waals surface area contributed by atoms with Crippen molar-refractivity contribution < 1.29 is 9.47 Å². The van der Waals surface area contributed by atoms with Gasteiger partial charge in [0.2, 0.25) is 0 Å². The molecule has 106 valence electrons. The van der Waals surface area contributed by atoms with Crippen LogP contribution in [0.25, 0.3) is 0 Å². The van der Waals surface area contributed by atoms with Gasteiger partial charge in [-0.2, -0.15) is 0 Å². The molecule has 0 spiro atoms. The second-order valence-electron chi connectivity index (χ2n) is 5.18. The van der Waals surface area contributed by atoms with Crippen LogP contribution in [0.1, 0.15) is 37.8 Å². The number of hydrogen-bond donors (Lipinski definition) is 1. The van der Waals surface area contributed by atoms with Crippen molar-refractivity contribution in [1.29, 1.82) is 0 Å². The highest BCUT2D eigenvalue weighted by molar-refractivity contribution is 5.23. The third-order valence-electron chi connectivity index (χ3n) is 4.00. The van der Waals surface area contributed by atoms with Crippen molar-refractivity contribution in [2.45, 2.75) is 37.8 Å². The zero-order valence-electron chi connectivity index (χ0n) is 12.0. The molecule has 1 aromatic carbocycles. The lowest BCUT2D eigenvalue weighted by Gasteiger charge is -2.43. The molecule has 0 saturated carbocycles. The largest absolute Gasteiger partial charge is 0.381 e. The number of hydrogen-bond acceptors (Lipinski definition) is 3. The first kappa shape index (κ1) is 14.5. The standard InChI is InChI=1S/C16H25NO2/c1-3-11-17-15(14-7-5-4-6-8-14)16(18-2)9-12-19-13-10-16/h4-8,15,17H,3,9-13H2,1-2H3. The number of methoxy groups -OCH3 is 1. The molecular weight excluding hydrogens is 238 g/mol. The van der Waals surface area contributed by atoms with Gasteiger partial charge in [0.25, 0.3) is 0 Å². The third kappa shape index (κ3) is 3.35. The van der Waals surface area contributed by atoms with E-state index in [0.717, 1.165) is 39.0 Å². The average Bonchev–Trinajstić information content (AvgIpc) is 2.49. The number of rotatable bonds is 6. The maximum Gasteiger partial charge on any atom is 0.0916 e. The Morgan fingerprint density at radius 2 is 1.95 bits per heavy atom. The van der Waals surface area contributed by atoms with Crippen LogP contribution in [0.15, 0.2) is 30.3 Å². The molecule has 3 heteroatoms. The Balaban J connectivity index is 2.24. The molecule has 1 atom stereocenters. The zero-order chi connectivity index (χ0) is 13.6. The minimum atomic E-state index is -0.144. The Bertz CT molecular complexity index is 360. The summed E-state index contributed by atoms with van der Waals surface area (Å²) in [4.78, 5) is 0. The van der Waals surface area contributed by atoms with Crippen LogP contribution in [-0.2, 0) is 9.47 Å². The van der Waals surface area contributed by atoms with Gasteiger partial charge in [-0.1, -0.05) is 37.3 Å². The van der Waals surface area contributed by atoms with Crippen LogP contribution in [0, 0.1) is 0 Å². The molecule has 0 radical (unpaired) electrons. The van der Waals surface area contributed by atoms with Gasteiger partial charge >= 0.3 is 0 Å². The van der Waals surface area contributed by atoms with Gasteiger partial charge < -0.3 is 14.8 Å². The Kier molecular flexibility index (Phi) is 5.37. The van der Waals surface area contributed by atoms with Gasteiger partial charge in [0, 0.05) is 33.2 Å². The molecule has 1 aliphatic heterocycles. The van der Waals surface area contributed by atoms with E-state index in [1.165, 1.54) is 5.56 Å². The predicted octanol–water partition coefficient (Wildman–Crippen LogP) is 2.92. The van der Waals surface area contributed by atoms with Crippen molar-refractivity contribution in [2.24, 2.45) is 0 Å². The first-order valence-corrected chi connectivity index (χ1v) is 7.23. The lowest BCUT2D eigenvalue weighted by Crippen LogP contribution is -2.49. The summed E-state index contributed by atoms with van der Waals surface area (Å²) in [6, 6.07) is 10.9. The van der Waals surface area contributed by atoms with E-state index >= 15 is 0 Å². The Labute approximate surface area is 116 Å². The third-order valence-corrected chi connectivity index (χ3v) is 4.00. The van der Waals surface area contributed by atoms with Crippen LogP contribution < -0.4 is 5.32 Å². The van der Waals surface area contributed by atoms with E-state index in [1.807, 2.05) is 7.11 Å². The van der Waals surface area contributed by atoms with Crippen LogP contribution in [0.2, 0.25) is 0 Å². The van der Waals surface area contributed by atoms with Gasteiger partial charge in [-0.05, 0) is 18.5 Å². The molecule has 1 fully saturated rings. The smallest absolute Gasteiger partial charge is 0.0916 e. The summed E-state index contributed by atoms with van der Waals surface area (Å²) in [6.45, 7) is 4.76. The summed E-state index contributed by atoms with van der Waals surface area (Å²) in [6.07, 6.45) is 3.01. The molecule has 0 aromatic heterocycles. The highest BCUT2D eigenvalue weighted by Crippen LogP contribution is 2.37. The Morgan fingerprint density at radius 1 is 1.26 bits per heavy atom. The van der Waals surface area contributed by atoms with E-state index in [2.05, 4.69) is 42.6 Å². The summed E-state index contributed by atoms with van der Waals surface area (Å²) >= 11 is 0. The molecular formula is C16H25NO2. The van der Waals surface area contributed by atoms with Crippen LogP contribution in [-0.4, -0.2) is 32.5 Å². The van der Waals surface area contributed by atoms with Gasteiger partial charge in [0.1, 0.15) is 0 Å². The molecule has 1 saturated heterocycles. The van der Waals surface area contributed by atoms with Crippen molar-refractivity contribution >= 4 is 0 Å². The lowest BCUT2D eigenvalue weighted by molar-refractivity contribution is -0.111. The molecule has 0 amide bonds. The minimum absolute atomic E-state index is 0.144. The first-order chi connectivity index (χ1) is 9.32. The fourth-order valence-corrected chi connectivity index (χ4v) is 2.87. The fraction of sp³-hybridized carbons (Fsp3) is 0.625. The second kappa shape index (κ2) is 7.04. The molecule has 1 aliphatic rings. The topological polar surface area (TPSA) is 30.5 Å². The van der Waals surface area contributed by atoms with Gasteiger partial charge in [-0.25, -0.2) is 0 Å².